The number of amides is 1. The number of imidazole rings is 1. The van der Waals surface area contributed by atoms with Gasteiger partial charge < -0.3 is 19.7 Å². The molecule has 4 heterocycles. The van der Waals surface area contributed by atoms with E-state index in [1.807, 2.05) is 16.0 Å². The number of hydrogen-bond acceptors (Lipinski definition) is 5. The van der Waals surface area contributed by atoms with Crippen molar-refractivity contribution in [2.75, 3.05) is 13.1 Å². The van der Waals surface area contributed by atoms with Crippen molar-refractivity contribution in [3.8, 4) is 0 Å². The van der Waals surface area contributed by atoms with E-state index in [1.165, 1.54) is 4.90 Å². The van der Waals surface area contributed by atoms with Crippen LogP contribution < -0.4 is 0 Å². The van der Waals surface area contributed by atoms with Crippen molar-refractivity contribution in [2.24, 2.45) is 0 Å². The third kappa shape index (κ3) is 2.33. The van der Waals surface area contributed by atoms with Gasteiger partial charge in [0.05, 0.1) is 28.0 Å². The Morgan fingerprint density at radius 2 is 2.29 bits per heavy atom. The fourth-order valence-corrected chi connectivity index (χ4v) is 4.39. The van der Waals surface area contributed by atoms with Crippen molar-refractivity contribution in [3.63, 3.8) is 0 Å². The van der Waals surface area contributed by atoms with Crippen molar-refractivity contribution in [3.05, 3.63) is 23.5 Å². The molecular weight excluding hydrogens is 328 g/mol. The number of aliphatic hydroxyl groups excluding tert-OH is 1. The number of aromatic nitrogens is 3. The molecule has 126 valence electrons. The summed E-state index contributed by atoms with van der Waals surface area (Å²) in [5.74, 6) is 0.574. The lowest BCUT2D eigenvalue weighted by Gasteiger charge is -2.33. The molecule has 8 heteroatoms. The Kier molecular flexibility index (Phi) is 3.65. The van der Waals surface area contributed by atoms with Crippen LogP contribution in [0.3, 0.4) is 0 Å². The lowest BCUT2D eigenvalue weighted by atomic mass is 10.1. The van der Waals surface area contributed by atoms with Crippen LogP contribution in [0.15, 0.2) is 17.6 Å². The molecule has 0 radical (unpaired) electrons. The average Bonchev–Trinajstić information content (AvgIpc) is 3.18. The van der Waals surface area contributed by atoms with Gasteiger partial charge in [0, 0.05) is 13.1 Å². The zero-order chi connectivity index (χ0) is 16.8. The van der Waals surface area contributed by atoms with Gasteiger partial charge in [-0.25, -0.2) is 9.78 Å². The van der Waals surface area contributed by atoms with E-state index in [0.717, 1.165) is 34.1 Å². The van der Waals surface area contributed by atoms with E-state index >= 15 is 0 Å². The molecule has 7 nitrogen and oxygen atoms in total. The first-order chi connectivity index (χ1) is 11.6. The Bertz CT molecular complexity index is 917. The first-order valence-electron chi connectivity index (χ1n) is 7.96. The zero-order valence-corrected chi connectivity index (χ0v) is 14.0. The van der Waals surface area contributed by atoms with Crippen LogP contribution in [0.5, 0.6) is 0 Å². The second-order valence-corrected chi connectivity index (χ2v) is 7.08. The minimum atomic E-state index is -0.898. The largest absolute Gasteiger partial charge is 0.465 e. The smallest absolute Gasteiger partial charge is 0.407 e. The predicted octanol–water partition coefficient (Wildman–Crippen LogP) is 3.01. The SMILES string of the molecule is CC(O)c1nc2cnc3ccsc3c2n1[C@H]1CCCN(C(=O)O)C1. The minimum absolute atomic E-state index is 0.0304. The predicted molar refractivity (Wildman–Crippen MR) is 91.4 cm³/mol. The summed E-state index contributed by atoms with van der Waals surface area (Å²) in [6.07, 6.45) is 1.77. The monoisotopic (exact) mass is 346 g/mol. The number of hydrogen-bond donors (Lipinski definition) is 2. The molecule has 3 aromatic heterocycles. The molecule has 1 fully saturated rings. The third-order valence-electron chi connectivity index (χ3n) is 4.56. The van der Waals surface area contributed by atoms with E-state index in [4.69, 9.17) is 0 Å². The van der Waals surface area contributed by atoms with Crippen LogP contribution in [0.25, 0.3) is 21.3 Å². The number of rotatable bonds is 2. The summed E-state index contributed by atoms with van der Waals surface area (Å²) in [5, 5.41) is 21.5. The molecule has 24 heavy (non-hydrogen) atoms. The maximum absolute atomic E-state index is 11.4. The normalized spacial score (nSPS) is 19.9. The van der Waals surface area contributed by atoms with Gasteiger partial charge in [0.1, 0.15) is 17.4 Å². The number of pyridine rings is 1. The average molecular weight is 346 g/mol. The molecule has 0 aliphatic carbocycles. The summed E-state index contributed by atoms with van der Waals surface area (Å²) >= 11 is 1.59. The molecule has 2 atom stereocenters. The van der Waals surface area contributed by atoms with Crippen LogP contribution in [0.2, 0.25) is 0 Å². The number of fused-ring (bicyclic) bond motifs is 3. The van der Waals surface area contributed by atoms with Crippen molar-refractivity contribution in [1.29, 1.82) is 0 Å². The second-order valence-electron chi connectivity index (χ2n) is 6.17. The number of piperidine rings is 1. The molecule has 0 aromatic carbocycles. The van der Waals surface area contributed by atoms with Crippen molar-refractivity contribution < 1.29 is 15.0 Å². The molecule has 0 bridgehead atoms. The van der Waals surface area contributed by atoms with Crippen molar-refractivity contribution >= 4 is 38.7 Å². The Balaban J connectivity index is 1.93. The Morgan fingerprint density at radius 1 is 1.46 bits per heavy atom. The highest BCUT2D eigenvalue weighted by atomic mass is 32.1. The first-order valence-corrected chi connectivity index (χ1v) is 8.84. The van der Waals surface area contributed by atoms with Crippen LogP contribution >= 0.6 is 11.3 Å². The number of aliphatic hydroxyl groups is 1. The molecule has 1 saturated heterocycles. The van der Waals surface area contributed by atoms with Gasteiger partial charge in [-0.2, -0.15) is 0 Å². The van der Waals surface area contributed by atoms with E-state index in [9.17, 15) is 15.0 Å². The summed E-state index contributed by atoms with van der Waals surface area (Å²) < 4.78 is 3.06. The second kappa shape index (κ2) is 5.71. The van der Waals surface area contributed by atoms with Gasteiger partial charge >= 0.3 is 6.09 Å². The van der Waals surface area contributed by atoms with Crippen molar-refractivity contribution in [2.45, 2.75) is 31.9 Å². The number of carboxylic acid groups (broad SMARTS) is 1. The maximum Gasteiger partial charge on any atom is 0.407 e. The van der Waals surface area contributed by atoms with Crippen LogP contribution in [0, 0.1) is 0 Å². The van der Waals surface area contributed by atoms with Gasteiger partial charge in [0.25, 0.3) is 0 Å². The molecule has 1 amide bonds. The maximum atomic E-state index is 11.4. The number of carbonyl (C=O) groups is 1. The Labute approximate surface area is 142 Å². The molecule has 2 N–H and O–H groups in total. The van der Waals surface area contributed by atoms with Crippen LogP contribution in [-0.4, -0.2) is 48.8 Å². The van der Waals surface area contributed by atoms with E-state index in [0.29, 0.717) is 18.9 Å². The van der Waals surface area contributed by atoms with E-state index < -0.39 is 12.2 Å². The topological polar surface area (TPSA) is 91.5 Å². The van der Waals surface area contributed by atoms with E-state index in [-0.39, 0.29) is 6.04 Å². The van der Waals surface area contributed by atoms with E-state index in [2.05, 4.69) is 9.97 Å². The molecular formula is C16H18N4O3S. The summed E-state index contributed by atoms with van der Waals surface area (Å²) in [7, 11) is 0. The fourth-order valence-electron chi connectivity index (χ4n) is 3.50. The van der Waals surface area contributed by atoms with Gasteiger partial charge in [-0.3, -0.25) is 4.98 Å². The van der Waals surface area contributed by atoms with Gasteiger partial charge in [-0.1, -0.05) is 0 Å². The van der Waals surface area contributed by atoms with Gasteiger partial charge in [-0.05, 0) is 31.2 Å². The standard InChI is InChI=1S/C16H18N4O3S/c1-9(21)15-18-12-7-17-11-4-6-24-14(11)13(12)20(15)10-3-2-5-19(8-10)16(22)23/h4,6-7,9-10,21H,2-3,5,8H2,1H3,(H,22,23)/t9?,10-/m0/s1. The molecule has 3 aromatic rings. The summed E-state index contributed by atoms with van der Waals surface area (Å²) in [4.78, 5) is 21.8. The first kappa shape index (κ1) is 15.3. The number of nitrogens with zero attached hydrogens (tertiary/aromatic N) is 4. The molecule has 4 rings (SSSR count). The highest BCUT2D eigenvalue weighted by molar-refractivity contribution is 7.18. The molecule has 0 spiro atoms. The summed E-state index contributed by atoms with van der Waals surface area (Å²) in [6.45, 7) is 2.66. The lowest BCUT2D eigenvalue weighted by Crippen LogP contribution is -2.40. The van der Waals surface area contributed by atoms with E-state index in [1.54, 1.807) is 24.5 Å². The highest BCUT2D eigenvalue weighted by Gasteiger charge is 2.29. The lowest BCUT2D eigenvalue weighted by molar-refractivity contribution is 0.118. The highest BCUT2D eigenvalue weighted by Crippen LogP contribution is 2.35. The quantitative estimate of drug-likeness (QED) is 0.744. The van der Waals surface area contributed by atoms with Crippen LogP contribution in [0.1, 0.15) is 37.7 Å². The molecule has 1 aliphatic rings. The molecule has 1 aliphatic heterocycles. The van der Waals surface area contributed by atoms with Crippen LogP contribution in [-0.2, 0) is 0 Å². The fraction of sp³-hybridized carbons (Fsp3) is 0.438. The zero-order valence-electron chi connectivity index (χ0n) is 13.2. The van der Waals surface area contributed by atoms with Crippen LogP contribution in [0.4, 0.5) is 4.79 Å². The third-order valence-corrected chi connectivity index (χ3v) is 5.47. The van der Waals surface area contributed by atoms with Gasteiger partial charge in [-0.15, -0.1) is 11.3 Å². The summed E-state index contributed by atoms with van der Waals surface area (Å²) in [6, 6.07) is 1.93. The van der Waals surface area contributed by atoms with Gasteiger partial charge in [0.15, 0.2) is 0 Å². The Morgan fingerprint density at radius 3 is 3.04 bits per heavy atom. The minimum Gasteiger partial charge on any atom is -0.465 e. The molecule has 1 unspecified atom stereocenters. The number of likely N-dealkylation sites (tertiary alicyclic amines) is 1. The summed E-state index contributed by atoms with van der Waals surface area (Å²) in [5.41, 5.74) is 2.59. The van der Waals surface area contributed by atoms with Gasteiger partial charge in [0.2, 0.25) is 0 Å². The Hall–Kier alpha value is -2.19. The number of thiophene rings is 1. The van der Waals surface area contributed by atoms with Crippen molar-refractivity contribution in [1.82, 2.24) is 19.4 Å². The molecule has 0 saturated carbocycles.